The van der Waals surface area contributed by atoms with E-state index in [-0.39, 0.29) is 23.0 Å². The van der Waals surface area contributed by atoms with Gasteiger partial charge < -0.3 is 50.0 Å². The molecule has 322 valence electrons. The fraction of sp³-hybridized carbons (Fsp3) is 0.154. The molecule has 12 nitrogen and oxygen atoms in total. The van der Waals surface area contributed by atoms with Crippen LogP contribution >= 0.6 is 0 Å². The summed E-state index contributed by atoms with van der Waals surface area (Å²) in [5, 5.41) is 47.0. The van der Waals surface area contributed by atoms with Gasteiger partial charge in [0.1, 0.15) is 23.0 Å². The predicted octanol–water partition coefficient (Wildman–Crippen LogP) is 10.4. The summed E-state index contributed by atoms with van der Waals surface area (Å²) in [6, 6.07) is 30.1. The Bertz CT molecular complexity index is 2830. The summed E-state index contributed by atoms with van der Waals surface area (Å²) in [5.74, 6) is 0.277. The number of hydrogen-bond donors (Lipinski definition) is 6. The van der Waals surface area contributed by atoms with Crippen LogP contribution < -0.4 is 19.6 Å². The van der Waals surface area contributed by atoms with Crippen molar-refractivity contribution in [3.63, 3.8) is 0 Å². The number of rotatable bonds is 8. The van der Waals surface area contributed by atoms with E-state index in [0.717, 1.165) is 22.7 Å². The van der Waals surface area contributed by atoms with Crippen LogP contribution in [0.2, 0.25) is 0 Å². The fourth-order valence-corrected chi connectivity index (χ4v) is 8.38. The predicted molar refractivity (Wildman–Crippen MR) is 265 cm³/mol. The molecule has 0 spiro atoms. The highest BCUT2D eigenvalue weighted by Gasteiger charge is 2.23. The molecule has 3 aromatic heterocycles. The fourth-order valence-electron chi connectivity index (χ4n) is 8.38. The van der Waals surface area contributed by atoms with Crippen molar-refractivity contribution in [2.24, 2.45) is 0 Å². The van der Waals surface area contributed by atoms with E-state index in [4.69, 9.17) is 9.97 Å². The number of aromatic amines is 2. The average Bonchev–Trinajstić information content (AvgIpc) is 4.10. The molecule has 9 rings (SSSR count). The molecule has 0 fully saturated rings. The quantitative estimate of drug-likeness (QED) is 0.0872. The lowest BCUT2D eigenvalue weighted by atomic mass is 10.0. The number of H-pyrrole nitrogens is 2. The number of nitrogens with zero attached hydrogens (tertiary/aromatic N) is 6. The van der Waals surface area contributed by atoms with E-state index in [1.807, 2.05) is 173 Å². The maximum atomic E-state index is 11.7. The van der Waals surface area contributed by atoms with Crippen molar-refractivity contribution in [2.75, 3.05) is 76.0 Å². The van der Waals surface area contributed by atoms with Gasteiger partial charge in [0.05, 0.1) is 22.8 Å². The molecule has 64 heavy (non-hydrogen) atoms. The highest BCUT2D eigenvalue weighted by atomic mass is 16.3. The number of fused-ring (bicyclic) bond motifs is 8. The number of benzene rings is 4. The van der Waals surface area contributed by atoms with Crippen LogP contribution in [0.4, 0.5) is 22.7 Å². The average molecular weight is 851 g/mol. The zero-order chi connectivity index (χ0) is 45.1. The Morgan fingerprint density at radius 2 is 0.547 bits per heavy atom. The topological polar surface area (TPSA) is 151 Å². The van der Waals surface area contributed by atoms with Gasteiger partial charge in [0, 0.05) is 170 Å². The van der Waals surface area contributed by atoms with Gasteiger partial charge in [0.15, 0.2) is 0 Å². The molecule has 2 aliphatic rings. The first-order valence-electron chi connectivity index (χ1n) is 20.9. The van der Waals surface area contributed by atoms with Gasteiger partial charge in [-0.1, -0.05) is 0 Å². The first-order chi connectivity index (χ1) is 30.7. The SMILES string of the molecule is CN(C)c1ccc(-c2c3nc(c(-c4ccc(N(C)C)cc4O)c4ccc([nH]4)c(-c4ccc(N(C)C)cc4O)c4nc(c(-c5ccc(N(C)C)cc5O)c5ccc2[nH]5)C=C4)C=C3)c(O)c1. The molecule has 0 radical (unpaired) electrons. The zero-order valence-electron chi connectivity index (χ0n) is 37.0. The molecule has 6 N–H and O–H groups in total. The Hall–Kier alpha value is -8.12. The summed E-state index contributed by atoms with van der Waals surface area (Å²) < 4.78 is 0. The third-order valence-electron chi connectivity index (χ3n) is 11.8. The molecule has 0 amide bonds. The second kappa shape index (κ2) is 16.0. The molecule has 0 aliphatic carbocycles. The van der Waals surface area contributed by atoms with Crippen molar-refractivity contribution in [1.82, 2.24) is 19.9 Å². The van der Waals surface area contributed by atoms with Crippen molar-refractivity contribution in [1.29, 1.82) is 0 Å². The molecular formula is C52H50N8O4. The largest absolute Gasteiger partial charge is 0.507 e. The lowest BCUT2D eigenvalue weighted by Crippen LogP contribution is -2.08. The van der Waals surface area contributed by atoms with Gasteiger partial charge >= 0.3 is 0 Å². The Labute approximate surface area is 371 Å². The maximum Gasteiger partial charge on any atom is 0.125 e. The molecule has 2 aliphatic heterocycles. The standard InChI is InChI=1S/C52H50N8O4/c1-57(2)29-9-13-33(45(61)25-29)49-37-17-19-39(53-37)50(34-14-10-30(58(3)4)26-46(34)62)41-21-23-43(55-41)52(36-16-12-32(60(7)8)28-48(36)64)44-24-22-42(56-44)51(40-20-18-38(49)54-40)35-15-11-31(59(5)6)27-47(35)63/h9-28,53,56,61-64H,1-8H3. The number of aromatic nitrogens is 4. The molecule has 12 heteroatoms. The first kappa shape index (κ1) is 41.2. The summed E-state index contributed by atoms with van der Waals surface area (Å²) in [4.78, 5) is 25.6. The molecule has 5 heterocycles. The van der Waals surface area contributed by atoms with Crippen LogP contribution in [0.3, 0.4) is 0 Å². The van der Waals surface area contributed by atoms with Crippen LogP contribution in [0.15, 0.2) is 97.1 Å². The van der Waals surface area contributed by atoms with Crippen molar-refractivity contribution in [3.05, 3.63) is 120 Å². The number of anilines is 4. The monoisotopic (exact) mass is 850 g/mol. The highest BCUT2D eigenvalue weighted by Crippen LogP contribution is 2.45. The van der Waals surface area contributed by atoms with E-state index in [0.29, 0.717) is 89.4 Å². The summed E-state index contributed by atoms with van der Waals surface area (Å²) >= 11 is 0. The Kier molecular flexibility index (Phi) is 10.3. The third kappa shape index (κ3) is 7.28. The third-order valence-corrected chi connectivity index (χ3v) is 11.8. The van der Waals surface area contributed by atoms with Crippen LogP contribution in [-0.4, -0.2) is 96.7 Å². The second-order valence-electron chi connectivity index (χ2n) is 16.9. The molecule has 7 aromatic rings. The van der Waals surface area contributed by atoms with Gasteiger partial charge in [-0.3, -0.25) is 0 Å². The van der Waals surface area contributed by atoms with Crippen LogP contribution in [0, 0.1) is 0 Å². The van der Waals surface area contributed by atoms with Gasteiger partial charge in [-0.05, 0) is 97.1 Å². The lowest BCUT2D eigenvalue weighted by molar-refractivity contribution is 0.477. The van der Waals surface area contributed by atoms with Crippen LogP contribution in [0.5, 0.6) is 23.0 Å². The highest BCUT2D eigenvalue weighted by molar-refractivity contribution is 6.02. The molecular weight excluding hydrogens is 801 g/mol. The van der Waals surface area contributed by atoms with E-state index in [1.54, 1.807) is 24.3 Å². The molecule has 0 unspecified atom stereocenters. The first-order valence-corrected chi connectivity index (χ1v) is 20.9. The van der Waals surface area contributed by atoms with E-state index in [2.05, 4.69) is 9.97 Å². The summed E-state index contributed by atoms with van der Waals surface area (Å²) in [5.41, 5.74) is 13.0. The molecule has 8 bridgehead atoms. The molecule has 4 aromatic carbocycles. The van der Waals surface area contributed by atoms with Gasteiger partial charge in [-0.2, -0.15) is 0 Å². The number of nitrogens with one attached hydrogen (secondary N) is 2. The number of aromatic hydroxyl groups is 4. The normalized spacial score (nSPS) is 11.9. The minimum atomic E-state index is 0.0693. The zero-order valence-corrected chi connectivity index (χ0v) is 37.0. The van der Waals surface area contributed by atoms with Crippen molar-refractivity contribution in [3.8, 4) is 67.5 Å². The van der Waals surface area contributed by atoms with E-state index < -0.39 is 0 Å². The minimum absolute atomic E-state index is 0.0693. The Morgan fingerprint density at radius 1 is 0.328 bits per heavy atom. The van der Waals surface area contributed by atoms with Crippen molar-refractivity contribution in [2.45, 2.75) is 0 Å². The van der Waals surface area contributed by atoms with Gasteiger partial charge in [0.2, 0.25) is 0 Å². The number of phenols is 4. The van der Waals surface area contributed by atoms with Gasteiger partial charge in [-0.15, -0.1) is 0 Å². The Morgan fingerprint density at radius 3 is 0.734 bits per heavy atom. The minimum Gasteiger partial charge on any atom is -0.507 e. The molecule has 0 saturated carbocycles. The Balaban J connectivity index is 1.47. The van der Waals surface area contributed by atoms with Gasteiger partial charge in [-0.25, -0.2) is 9.97 Å². The maximum absolute atomic E-state index is 11.7. The van der Waals surface area contributed by atoms with E-state index >= 15 is 0 Å². The van der Waals surface area contributed by atoms with Crippen molar-refractivity contribution < 1.29 is 20.4 Å². The van der Waals surface area contributed by atoms with Gasteiger partial charge in [0.25, 0.3) is 0 Å². The van der Waals surface area contributed by atoms with Crippen molar-refractivity contribution >= 4 is 69.1 Å². The smallest absolute Gasteiger partial charge is 0.125 e. The van der Waals surface area contributed by atoms with Crippen LogP contribution in [0.1, 0.15) is 22.8 Å². The molecule has 0 atom stereocenters. The summed E-state index contributed by atoms with van der Waals surface area (Å²) in [6.45, 7) is 0. The summed E-state index contributed by atoms with van der Waals surface area (Å²) in [6.07, 6.45) is 7.67. The van der Waals surface area contributed by atoms with Crippen LogP contribution in [0.25, 0.3) is 90.9 Å². The second-order valence-corrected chi connectivity index (χ2v) is 16.9. The van der Waals surface area contributed by atoms with E-state index in [1.165, 1.54) is 0 Å². The van der Waals surface area contributed by atoms with Crippen LogP contribution in [-0.2, 0) is 0 Å². The van der Waals surface area contributed by atoms with E-state index in [9.17, 15) is 20.4 Å². The lowest BCUT2D eigenvalue weighted by Gasteiger charge is -2.15. The number of hydrogen-bond acceptors (Lipinski definition) is 10. The molecule has 0 saturated heterocycles. The summed E-state index contributed by atoms with van der Waals surface area (Å²) in [7, 11) is 15.4. The number of phenolic OH excluding ortho intramolecular Hbond substituents is 4.